The zero-order valence-electron chi connectivity index (χ0n) is 17.7. The summed E-state index contributed by atoms with van der Waals surface area (Å²) >= 11 is 5.42. The number of hydrogen-bond donors (Lipinski definition) is 3. The Morgan fingerprint density at radius 1 is 1.23 bits per heavy atom. The van der Waals surface area contributed by atoms with Crippen molar-refractivity contribution >= 4 is 34.7 Å². The van der Waals surface area contributed by atoms with Gasteiger partial charge in [0, 0.05) is 23.7 Å². The van der Waals surface area contributed by atoms with E-state index in [0.717, 1.165) is 36.8 Å². The Bertz CT molecular complexity index is 778. The van der Waals surface area contributed by atoms with Crippen molar-refractivity contribution in [2.45, 2.75) is 58.3 Å². The van der Waals surface area contributed by atoms with Crippen LogP contribution >= 0.6 is 12.2 Å². The smallest absolute Gasteiger partial charge is 0.303 e. The number of carbonyl (C=O) groups is 1. The van der Waals surface area contributed by atoms with Crippen molar-refractivity contribution < 1.29 is 9.90 Å². The third-order valence-electron chi connectivity index (χ3n) is 6.50. The van der Waals surface area contributed by atoms with Crippen LogP contribution in [0.5, 0.6) is 0 Å². The summed E-state index contributed by atoms with van der Waals surface area (Å²) in [6, 6.07) is 9.88. The molecule has 1 aromatic carbocycles. The Labute approximate surface area is 185 Å². The number of aliphatic carboxylic acids is 1. The first-order chi connectivity index (χ1) is 14.6. The number of thiocarbonyl (C=S) groups is 1. The number of para-hydroxylation sites is 1. The first-order valence-electron chi connectivity index (χ1n) is 11.1. The van der Waals surface area contributed by atoms with E-state index in [9.17, 15) is 4.79 Å². The van der Waals surface area contributed by atoms with Gasteiger partial charge in [0.2, 0.25) is 0 Å². The molecule has 0 radical (unpaired) electrons. The van der Waals surface area contributed by atoms with E-state index in [1.807, 2.05) is 30.3 Å². The maximum Gasteiger partial charge on any atom is 0.303 e. The number of anilines is 1. The average molecular weight is 428 g/mol. The Morgan fingerprint density at radius 2 is 2.00 bits per heavy atom. The molecule has 3 N–H and O–H groups in total. The van der Waals surface area contributed by atoms with Crippen molar-refractivity contribution in [1.82, 2.24) is 5.43 Å². The van der Waals surface area contributed by atoms with Crippen LogP contribution in [0.25, 0.3) is 0 Å². The van der Waals surface area contributed by atoms with Gasteiger partial charge in [0.25, 0.3) is 0 Å². The maximum absolute atomic E-state index is 10.6. The van der Waals surface area contributed by atoms with Crippen LogP contribution in [-0.2, 0) is 4.79 Å². The molecule has 5 nitrogen and oxygen atoms in total. The molecule has 3 rings (SSSR count). The molecule has 2 aliphatic carbocycles. The molecule has 2 bridgehead atoms. The molecule has 6 heteroatoms. The van der Waals surface area contributed by atoms with Gasteiger partial charge in [-0.15, -0.1) is 0 Å². The van der Waals surface area contributed by atoms with Crippen LogP contribution in [-0.4, -0.2) is 21.9 Å². The first-order valence-corrected chi connectivity index (χ1v) is 11.5. The summed E-state index contributed by atoms with van der Waals surface area (Å²) in [4.78, 5) is 10.6. The highest BCUT2D eigenvalue weighted by atomic mass is 32.1. The van der Waals surface area contributed by atoms with E-state index in [4.69, 9.17) is 22.4 Å². The number of rotatable bonds is 10. The Balaban J connectivity index is 1.57. The molecule has 30 heavy (non-hydrogen) atoms. The van der Waals surface area contributed by atoms with Crippen molar-refractivity contribution in [3.63, 3.8) is 0 Å². The van der Waals surface area contributed by atoms with Gasteiger partial charge in [-0.05, 0) is 87.1 Å². The number of hydrogen-bond acceptors (Lipinski definition) is 3. The van der Waals surface area contributed by atoms with Crippen molar-refractivity contribution in [2.24, 2.45) is 28.8 Å². The molecule has 0 aliphatic heterocycles. The average Bonchev–Trinajstić information content (AvgIpc) is 3.34. The number of allylic oxidation sites excluding steroid dienone is 2. The lowest BCUT2D eigenvalue weighted by molar-refractivity contribution is -0.137. The van der Waals surface area contributed by atoms with Gasteiger partial charge >= 0.3 is 5.97 Å². The summed E-state index contributed by atoms with van der Waals surface area (Å²) in [7, 11) is 0. The fourth-order valence-corrected chi connectivity index (χ4v) is 5.37. The second kappa shape index (κ2) is 11.3. The molecule has 2 aliphatic rings. The number of carboxylic acid groups (broad SMARTS) is 1. The molecular formula is C24H33N3O2S. The molecule has 0 heterocycles. The van der Waals surface area contributed by atoms with Gasteiger partial charge in [-0.1, -0.05) is 37.3 Å². The third kappa shape index (κ3) is 6.14. The fraction of sp³-hybridized carbons (Fsp3) is 0.542. The molecule has 4 atom stereocenters. The zero-order valence-corrected chi connectivity index (χ0v) is 18.5. The molecule has 0 aromatic heterocycles. The molecular weight excluding hydrogens is 394 g/mol. The second-order valence-corrected chi connectivity index (χ2v) is 8.81. The molecule has 2 saturated carbocycles. The number of hydrazone groups is 1. The number of nitrogens with zero attached hydrogens (tertiary/aromatic N) is 1. The van der Waals surface area contributed by atoms with E-state index < -0.39 is 5.97 Å². The van der Waals surface area contributed by atoms with Gasteiger partial charge in [0.1, 0.15) is 0 Å². The van der Waals surface area contributed by atoms with Crippen molar-refractivity contribution in [3.05, 3.63) is 42.5 Å². The van der Waals surface area contributed by atoms with Crippen LogP contribution in [0, 0.1) is 23.7 Å². The van der Waals surface area contributed by atoms with Gasteiger partial charge in [-0.3, -0.25) is 10.2 Å². The highest BCUT2D eigenvalue weighted by Crippen LogP contribution is 2.54. The van der Waals surface area contributed by atoms with Crippen molar-refractivity contribution in [1.29, 1.82) is 0 Å². The monoisotopic (exact) mass is 427 g/mol. The van der Waals surface area contributed by atoms with Gasteiger partial charge in [0.05, 0.1) is 0 Å². The van der Waals surface area contributed by atoms with Gasteiger partial charge < -0.3 is 10.4 Å². The second-order valence-electron chi connectivity index (χ2n) is 8.40. The minimum absolute atomic E-state index is 0.246. The largest absolute Gasteiger partial charge is 0.481 e. The molecule has 2 fully saturated rings. The summed E-state index contributed by atoms with van der Waals surface area (Å²) < 4.78 is 0. The van der Waals surface area contributed by atoms with E-state index in [1.54, 1.807) is 0 Å². The standard InChI is InChI=1S/C24H33N3O2S/c1-2-21(26-27-24(30)25-19-10-6-5-7-11-19)23-18-15-14-17(16-18)20(23)12-8-3-4-9-13-22(28)29/h3,5-8,10-11,17-18,20,23H,2,4,9,12-16H2,1H3,(H,28,29)(H2,25,27,30). The highest BCUT2D eigenvalue weighted by Gasteiger charge is 2.48. The molecule has 4 unspecified atom stereocenters. The van der Waals surface area contributed by atoms with E-state index in [1.165, 1.54) is 25.0 Å². The Hall–Kier alpha value is -2.21. The van der Waals surface area contributed by atoms with Gasteiger partial charge in [-0.2, -0.15) is 5.10 Å². The Morgan fingerprint density at radius 3 is 2.73 bits per heavy atom. The van der Waals surface area contributed by atoms with Crippen molar-refractivity contribution in [2.75, 3.05) is 5.32 Å². The van der Waals surface area contributed by atoms with Crippen LogP contribution in [0.15, 0.2) is 47.6 Å². The van der Waals surface area contributed by atoms with E-state index in [-0.39, 0.29) is 6.42 Å². The first kappa shape index (κ1) is 22.5. The van der Waals surface area contributed by atoms with Crippen LogP contribution in [0.3, 0.4) is 0 Å². The number of benzene rings is 1. The van der Waals surface area contributed by atoms with Crippen LogP contribution < -0.4 is 10.7 Å². The zero-order chi connectivity index (χ0) is 21.3. The van der Waals surface area contributed by atoms with Gasteiger partial charge in [-0.25, -0.2) is 0 Å². The summed E-state index contributed by atoms with van der Waals surface area (Å²) in [5.41, 5.74) is 5.25. The molecule has 0 amide bonds. The molecule has 0 saturated heterocycles. The minimum atomic E-state index is -0.715. The maximum atomic E-state index is 10.6. The van der Waals surface area contributed by atoms with E-state index in [2.05, 4.69) is 29.8 Å². The highest BCUT2D eigenvalue weighted by molar-refractivity contribution is 7.80. The Kier molecular flexibility index (Phi) is 8.43. The predicted molar refractivity (Wildman–Crippen MR) is 127 cm³/mol. The van der Waals surface area contributed by atoms with E-state index >= 15 is 0 Å². The number of nitrogens with one attached hydrogen (secondary N) is 2. The molecule has 0 spiro atoms. The summed E-state index contributed by atoms with van der Waals surface area (Å²) in [5, 5.41) is 17.2. The summed E-state index contributed by atoms with van der Waals surface area (Å²) in [6.45, 7) is 2.18. The number of carboxylic acids is 1. The number of unbranched alkanes of at least 4 members (excludes halogenated alkanes) is 1. The molecule has 162 valence electrons. The van der Waals surface area contributed by atoms with Crippen LogP contribution in [0.4, 0.5) is 5.69 Å². The van der Waals surface area contributed by atoms with Crippen molar-refractivity contribution in [3.8, 4) is 0 Å². The lowest BCUT2D eigenvalue weighted by atomic mass is 9.74. The lowest BCUT2D eigenvalue weighted by Gasteiger charge is -2.31. The molecule has 1 aromatic rings. The number of fused-ring (bicyclic) bond motifs is 2. The summed E-state index contributed by atoms with van der Waals surface area (Å²) in [6.07, 6.45) is 12.2. The predicted octanol–water partition coefficient (Wildman–Crippen LogP) is 5.60. The quantitative estimate of drug-likeness (QED) is 0.149. The summed E-state index contributed by atoms with van der Waals surface area (Å²) in [5.74, 6) is 1.96. The fourth-order valence-electron chi connectivity index (χ4n) is 5.20. The lowest BCUT2D eigenvalue weighted by Crippen LogP contribution is -2.32. The topological polar surface area (TPSA) is 73.7 Å². The van der Waals surface area contributed by atoms with Gasteiger partial charge in [0.15, 0.2) is 5.11 Å². The third-order valence-corrected chi connectivity index (χ3v) is 6.70. The minimum Gasteiger partial charge on any atom is -0.481 e. The van der Waals surface area contributed by atoms with Crippen LogP contribution in [0.2, 0.25) is 0 Å². The SMILES string of the molecule is CCC(=NNC(=S)Nc1ccccc1)C1C2CCC(C2)C1CC=CCCCC(=O)O. The van der Waals surface area contributed by atoms with E-state index in [0.29, 0.717) is 23.4 Å². The van der Waals surface area contributed by atoms with Crippen LogP contribution in [0.1, 0.15) is 58.3 Å². The normalized spacial score (nSPS) is 25.6.